The highest BCUT2D eigenvalue weighted by Gasteiger charge is 2.14. The van der Waals surface area contributed by atoms with Gasteiger partial charge in [-0.3, -0.25) is 10.1 Å². The molecule has 0 fully saturated rings. The zero-order valence-corrected chi connectivity index (χ0v) is 10.9. The van der Waals surface area contributed by atoms with Crippen molar-refractivity contribution in [2.45, 2.75) is 32.2 Å². The summed E-state index contributed by atoms with van der Waals surface area (Å²) in [6.07, 6.45) is 8.18. The Morgan fingerprint density at radius 2 is 2.11 bits per heavy atom. The summed E-state index contributed by atoms with van der Waals surface area (Å²) in [5.41, 5.74) is 0.921. The molecule has 0 aliphatic carbocycles. The second-order valence-corrected chi connectivity index (χ2v) is 4.62. The molecule has 0 unspecified atom stereocenters. The number of rotatable bonds is 7. The van der Waals surface area contributed by atoms with Gasteiger partial charge < -0.3 is 4.57 Å². The van der Waals surface area contributed by atoms with Crippen molar-refractivity contribution in [1.82, 2.24) is 4.57 Å². The molecule has 2 rings (SSSR count). The van der Waals surface area contributed by atoms with Crippen LogP contribution in [0.1, 0.15) is 25.7 Å². The predicted molar refractivity (Wildman–Crippen MR) is 77.3 cm³/mol. The molecule has 100 valence electrons. The standard InChI is InChI=1S/C15H18N2O2/c1-2-3-4-5-6-11-16-12-10-13-8-7-9-14(15(13)16)17(18)19/h2,7-10,12H,1,3-6,11H2. The van der Waals surface area contributed by atoms with E-state index in [-0.39, 0.29) is 10.6 Å². The van der Waals surface area contributed by atoms with Gasteiger partial charge in [-0.25, -0.2) is 0 Å². The number of non-ortho nitro benzene ring substituents is 1. The number of hydrogen-bond donors (Lipinski definition) is 0. The maximum Gasteiger partial charge on any atom is 0.293 e. The summed E-state index contributed by atoms with van der Waals surface area (Å²) >= 11 is 0. The average Bonchev–Trinajstić information content (AvgIpc) is 2.81. The van der Waals surface area contributed by atoms with Gasteiger partial charge in [0.15, 0.2) is 0 Å². The van der Waals surface area contributed by atoms with Crippen molar-refractivity contribution in [3.05, 3.63) is 53.2 Å². The molecular formula is C15H18N2O2. The number of aryl methyl sites for hydroxylation is 1. The number of fused-ring (bicyclic) bond motifs is 1. The summed E-state index contributed by atoms with van der Waals surface area (Å²) in [6.45, 7) is 4.52. The molecule has 0 aliphatic heterocycles. The molecule has 4 nitrogen and oxygen atoms in total. The fraction of sp³-hybridized carbons (Fsp3) is 0.333. The second-order valence-electron chi connectivity index (χ2n) is 4.62. The van der Waals surface area contributed by atoms with E-state index < -0.39 is 0 Å². The lowest BCUT2D eigenvalue weighted by Gasteiger charge is -2.05. The maximum atomic E-state index is 11.1. The number of nitro benzene ring substituents is 1. The van der Waals surface area contributed by atoms with Crippen molar-refractivity contribution >= 4 is 16.6 Å². The van der Waals surface area contributed by atoms with E-state index in [4.69, 9.17) is 0 Å². The lowest BCUT2D eigenvalue weighted by atomic mass is 10.2. The van der Waals surface area contributed by atoms with Gasteiger partial charge in [0, 0.05) is 24.2 Å². The Kier molecular flexibility index (Phi) is 4.34. The highest BCUT2D eigenvalue weighted by Crippen LogP contribution is 2.26. The molecule has 0 amide bonds. The zero-order chi connectivity index (χ0) is 13.7. The van der Waals surface area contributed by atoms with Gasteiger partial charge >= 0.3 is 0 Å². The molecule has 0 aliphatic rings. The monoisotopic (exact) mass is 258 g/mol. The SMILES string of the molecule is C=CCCCCCn1ccc2cccc([N+](=O)[O-])c21. The number of nitrogens with zero attached hydrogens (tertiary/aromatic N) is 2. The van der Waals surface area contributed by atoms with Crippen LogP contribution in [0.25, 0.3) is 10.9 Å². The van der Waals surface area contributed by atoms with Gasteiger partial charge in [-0.15, -0.1) is 6.58 Å². The summed E-state index contributed by atoms with van der Waals surface area (Å²) in [6, 6.07) is 7.15. The molecule has 1 heterocycles. The Morgan fingerprint density at radius 3 is 2.84 bits per heavy atom. The van der Waals surface area contributed by atoms with Gasteiger partial charge in [-0.1, -0.05) is 24.6 Å². The molecule has 4 heteroatoms. The molecular weight excluding hydrogens is 240 g/mol. The first-order chi connectivity index (χ1) is 9.24. The summed E-state index contributed by atoms with van der Waals surface area (Å²) in [5, 5.41) is 12.0. The summed E-state index contributed by atoms with van der Waals surface area (Å²) in [4.78, 5) is 10.8. The van der Waals surface area contributed by atoms with Crippen molar-refractivity contribution in [2.75, 3.05) is 0 Å². The van der Waals surface area contributed by atoms with Crippen molar-refractivity contribution in [3.63, 3.8) is 0 Å². The lowest BCUT2D eigenvalue weighted by molar-refractivity contribution is -0.383. The van der Waals surface area contributed by atoms with Crippen LogP contribution in [0, 0.1) is 10.1 Å². The van der Waals surface area contributed by atoms with Crippen LogP contribution < -0.4 is 0 Å². The molecule has 1 aromatic carbocycles. The Balaban J connectivity index is 2.14. The van der Waals surface area contributed by atoms with Crippen LogP contribution in [0.2, 0.25) is 0 Å². The van der Waals surface area contributed by atoms with Crippen molar-refractivity contribution in [1.29, 1.82) is 0 Å². The van der Waals surface area contributed by atoms with Crippen LogP contribution in [-0.2, 0) is 6.54 Å². The van der Waals surface area contributed by atoms with Gasteiger partial charge in [0.2, 0.25) is 0 Å². The van der Waals surface area contributed by atoms with Gasteiger partial charge in [0.05, 0.1) is 4.92 Å². The first-order valence-corrected chi connectivity index (χ1v) is 6.57. The van der Waals surface area contributed by atoms with E-state index in [0.29, 0.717) is 0 Å². The highest BCUT2D eigenvalue weighted by molar-refractivity contribution is 5.88. The molecule has 0 saturated carbocycles. The molecule has 19 heavy (non-hydrogen) atoms. The second kappa shape index (κ2) is 6.18. The van der Waals surface area contributed by atoms with E-state index in [1.165, 1.54) is 0 Å². The fourth-order valence-electron chi connectivity index (χ4n) is 2.32. The third kappa shape index (κ3) is 3.02. The first kappa shape index (κ1) is 13.3. The quantitative estimate of drug-likeness (QED) is 0.322. The smallest absolute Gasteiger partial charge is 0.293 e. The van der Waals surface area contributed by atoms with Crippen molar-refractivity contribution in [2.24, 2.45) is 0 Å². The first-order valence-electron chi connectivity index (χ1n) is 6.57. The summed E-state index contributed by atoms with van der Waals surface area (Å²) in [5.74, 6) is 0. The largest absolute Gasteiger partial charge is 0.342 e. The normalized spacial score (nSPS) is 10.7. The minimum absolute atomic E-state index is 0.189. The molecule has 0 saturated heterocycles. The van der Waals surface area contributed by atoms with E-state index in [2.05, 4.69) is 6.58 Å². The molecule has 0 bridgehead atoms. The third-order valence-electron chi connectivity index (χ3n) is 3.27. The van der Waals surface area contributed by atoms with Gasteiger partial charge in [0.1, 0.15) is 5.52 Å². The molecule has 0 N–H and O–H groups in total. The number of allylic oxidation sites excluding steroid dienone is 1. The number of aromatic nitrogens is 1. The lowest BCUT2D eigenvalue weighted by Crippen LogP contribution is -1.99. The van der Waals surface area contributed by atoms with E-state index in [0.717, 1.165) is 43.1 Å². The van der Waals surface area contributed by atoms with E-state index in [1.54, 1.807) is 12.1 Å². The third-order valence-corrected chi connectivity index (χ3v) is 3.27. The van der Waals surface area contributed by atoms with E-state index in [9.17, 15) is 10.1 Å². The van der Waals surface area contributed by atoms with E-state index in [1.807, 2.05) is 29.0 Å². The van der Waals surface area contributed by atoms with Gasteiger partial charge in [0.25, 0.3) is 5.69 Å². The molecule has 1 aromatic heterocycles. The highest BCUT2D eigenvalue weighted by atomic mass is 16.6. The Bertz CT molecular complexity index is 587. The van der Waals surface area contributed by atoms with Crippen molar-refractivity contribution in [3.8, 4) is 0 Å². The Labute approximate surface area is 112 Å². The molecule has 0 atom stereocenters. The predicted octanol–water partition coefficient (Wildman–Crippen LogP) is 4.30. The van der Waals surface area contributed by atoms with Gasteiger partial charge in [-0.05, 0) is 25.3 Å². The van der Waals surface area contributed by atoms with E-state index >= 15 is 0 Å². The minimum Gasteiger partial charge on any atom is -0.342 e. The average molecular weight is 258 g/mol. The van der Waals surface area contributed by atoms with Crippen LogP contribution in [0.3, 0.4) is 0 Å². The zero-order valence-electron chi connectivity index (χ0n) is 10.9. The molecule has 0 radical (unpaired) electrons. The number of para-hydroxylation sites is 1. The van der Waals surface area contributed by atoms with Crippen LogP contribution in [-0.4, -0.2) is 9.49 Å². The van der Waals surface area contributed by atoms with Crippen LogP contribution in [0.4, 0.5) is 5.69 Å². The maximum absolute atomic E-state index is 11.1. The van der Waals surface area contributed by atoms with Crippen LogP contribution in [0.15, 0.2) is 43.1 Å². The Morgan fingerprint density at radius 1 is 1.26 bits per heavy atom. The fourth-order valence-corrected chi connectivity index (χ4v) is 2.32. The minimum atomic E-state index is -0.309. The Hall–Kier alpha value is -2.10. The van der Waals surface area contributed by atoms with Crippen LogP contribution in [0.5, 0.6) is 0 Å². The molecule has 0 spiro atoms. The van der Waals surface area contributed by atoms with Crippen molar-refractivity contribution < 1.29 is 4.92 Å². The van der Waals surface area contributed by atoms with Crippen LogP contribution >= 0.6 is 0 Å². The summed E-state index contributed by atoms with van der Waals surface area (Å²) in [7, 11) is 0. The number of unbranched alkanes of at least 4 members (excludes halogenated alkanes) is 3. The topological polar surface area (TPSA) is 48.1 Å². The number of benzene rings is 1. The number of nitro groups is 1. The van der Waals surface area contributed by atoms with Gasteiger partial charge in [-0.2, -0.15) is 0 Å². The summed E-state index contributed by atoms with van der Waals surface area (Å²) < 4.78 is 1.99. The number of hydrogen-bond acceptors (Lipinski definition) is 2. The molecule has 2 aromatic rings.